The van der Waals surface area contributed by atoms with Crippen molar-refractivity contribution in [1.29, 1.82) is 0 Å². The normalized spacial score (nSPS) is 13.3. The molecule has 42 heavy (non-hydrogen) atoms. The standard InChI is InChI=1S/C32H34N6O4/c1-21(2)30(31-34-35-36-38(31)14-13-22-7-5-4-6-8-22)37(18-23-9-12-28-29(15-23)42-20-41-28)19-25-16-24-17-26(40-3)10-11-27(24)33-32(25)39/h4-12,15-17,21,30H,13-14,18-20H2,1-3H3,(H,33,39)/t30-/m0/s1. The maximum Gasteiger partial charge on any atom is 0.252 e. The fourth-order valence-corrected chi connectivity index (χ4v) is 5.56. The van der Waals surface area contributed by atoms with E-state index in [1.54, 1.807) is 7.11 Å². The van der Waals surface area contributed by atoms with E-state index in [2.05, 4.69) is 51.4 Å². The van der Waals surface area contributed by atoms with Gasteiger partial charge in [0.25, 0.3) is 5.56 Å². The number of aryl methyl sites for hydroxylation is 2. The molecule has 1 aliphatic heterocycles. The number of methoxy groups -OCH3 is 1. The van der Waals surface area contributed by atoms with E-state index in [1.165, 1.54) is 5.56 Å². The van der Waals surface area contributed by atoms with Crippen molar-refractivity contribution < 1.29 is 14.2 Å². The van der Waals surface area contributed by atoms with Gasteiger partial charge in [0.2, 0.25) is 6.79 Å². The first-order chi connectivity index (χ1) is 20.5. The van der Waals surface area contributed by atoms with Crippen molar-refractivity contribution in [3.05, 3.63) is 106 Å². The first-order valence-corrected chi connectivity index (χ1v) is 14.1. The summed E-state index contributed by atoms with van der Waals surface area (Å²) in [6.07, 6.45) is 0.804. The van der Waals surface area contributed by atoms with E-state index in [-0.39, 0.29) is 24.3 Å². The number of nitrogens with one attached hydrogen (secondary N) is 1. The van der Waals surface area contributed by atoms with Crippen LogP contribution in [0.4, 0.5) is 0 Å². The van der Waals surface area contributed by atoms with Gasteiger partial charge < -0.3 is 19.2 Å². The maximum absolute atomic E-state index is 13.3. The minimum absolute atomic E-state index is 0.130. The molecule has 5 aromatic rings. The zero-order valence-electron chi connectivity index (χ0n) is 24.0. The molecule has 0 amide bonds. The van der Waals surface area contributed by atoms with Gasteiger partial charge in [0.15, 0.2) is 17.3 Å². The van der Waals surface area contributed by atoms with Crippen LogP contribution in [0, 0.1) is 5.92 Å². The number of tetrazole rings is 1. The topological polar surface area (TPSA) is 107 Å². The summed E-state index contributed by atoms with van der Waals surface area (Å²) in [6.45, 7) is 6.09. The Morgan fingerprint density at radius 2 is 1.81 bits per heavy atom. The van der Waals surface area contributed by atoms with Crippen molar-refractivity contribution in [2.24, 2.45) is 5.92 Å². The van der Waals surface area contributed by atoms with Crippen LogP contribution < -0.4 is 19.8 Å². The van der Waals surface area contributed by atoms with Crippen molar-refractivity contribution >= 4 is 10.9 Å². The number of fused-ring (bicyclic) bond motifs is 2. The van der Waals surface area contributed by atoms with Gasteiger partial charge in [-0.05, 0) is 70.3 Å². The molecule has 1 N–H and O–H groups in total. The zero-order chi connectivity index (χ0) is 29.1. The van der Waals surface area contributed by atoms with Crippen molar-refractivity contribution in [3.8, 4) is 17.2 Å². The van der Waals surface area contributed by atoms with Gasteiger partial charge in [0.05, 0.1) is 13.2 Å². The van der Waals surface area contributed by atoms with E-state index in [1.807, 2.05) is 65.3 Å². The lowest BCUT2D eigenvalue weighted by molar-refractivity contribution is 0.125. The predicted molar refractivity (Wildman–Crippen MR) is 158 cm³/mol. The molecule has 0 spiro atoms. The monoisotopic (exact) mass is 566 g/mol. The van der Waals surface area contributed by atoms with Gasteiger partial charge in [-0.3, -0.25) is 9.69 Å². The number of hydrogen-bond acceptors (Lipinski definition) is 8. The summed E-state index contributed by atoms with van der Waals surface area (Å²) >= 11 is 0. The van der Waals surface area contributed by atoms with Crippen LogP contribution in [0.15, 0.2) is 77.6 Å². The van der Waals surface area contributed by atoms with E-state index >= 15 is 0 Å². The Kier molecular flexibility index (Phi) is 7.87. The first kappa shape index (κ1) is 27.5. The fourth-order valence-electron chi connectivity index (χ4n) is 5.56. The number of aromatic nitrogens is 5. The van der Waals surface area contributed by atoms with E-state index < -0.39 is 0 Å². The van der Waals surface area contributed by atoms with E-state index in [0.717, 1.165) is 46.0 Å². The third-order valence-electron chi connectivity index (χ3n) is 7.63. The van der Waals surface area contributed by atoms with Crippen LogP contribution in [-0.2, 0) is 26.1 Å². The Balaban J connectivity index is 1.37. The third kappa shape index (κ3) is 5.84. The van der Waals surface area contributed by atoms with Crippen molar-refractivity contribution in [3.63, 3.8) is 0 Å². The predicted octanol–water partition coefficient (Wildman–Crippen LogP) is 4.89. The Morgan fingerprint density at radius 3 is 2.62 bits per heavy atom. The molecular formula is C32H34N6O4. The Morgan fingerprint density at radius 1 is 0.976 bits per heavy atom. The summed E-state index contributed by atoms with van der Waals surface area (Å²) in [4.78, 5) is 18.7. The molecule has 1 atom stereocenters. The van der Waals surface area contributed by atoms with Gasteiger partial charge in [-0.15, -0.1) is 5.10 Å². The van der Waals surface area contributed by atoms with E-state index in [9.17, 15) is 4.79 Å². The molecule has 0 radical (unpaired) electrons. The Bertz CT molecular complexity index is 1730. The van der Waals surface area contributed by atoms with E-state index in [4.69, 9.17) is 14.2 Å². The molecule has 0 fully saturated rings. The lowest BCUT2D eigenvalue weighted by Crippen LogP contribution is -2.35. The SMILES string of the molecule is COc1ccc2[nH]c(=O)c(CN(Cc3ccc4c(c3)OCO4)[C@H](c3nnnn3CCc3ccccc3)C(C)C)cc2c1. The van der Waals surface area contributed by atoms with Gasteiger partial charge in [-0.25, -0.2) is 4.68 Å². The number of benzene rings is 3. The smallest absolute Gasteiger partial charge is 0.252 e. The first-order valence-electron chi connectivity index (χ1n) is 14.1. The van der Waals surface area contributed by atoms with Crippen LogP contribution >= 0.6 is 0 Å². The van der Waals surface area contributed by atoms with Gasteiger partial charge >= 0.3 is 0 Å². The number of nitrogens with zero attached hydrogens (tertiary/aromatic N) is 5. The summed E-state index contributed by atoms with van der Waals surface area (Å²) in [5, 5.41) is 13.9. The summed E-state index contributed by atoms with van der Waals surface area (Å²) in [5.74, 6) is 3.09. The number of aromatic amines is 1. The highest BCUT2D eigenvalue weighted by molar-refractivity contribution is 5.80. The van der Waals surface area contributed by atoms with Crippen LogP contribution in [0.3, 0.4) is 0 Å². The average Bonchev–Trinajstić information content (AvgIpc) is 3.66. The minimum atomic E-state index is -0.179. The number of hydrogen-bond donors (Lipinski definition) is 1. The molecule has 3 aromatic carbocycles. The van der Waals surface area contributed by atoms with Gasteiger partial charge in [0, 0.05) is 36.1 Å². The molecule has 3 heterocycles. The van der Waals surface area contributed by atoms with Crippen molar-refractivity contribution in [2.75, 3.05) is 13.9 Å². The molecule has 1 aliphatic rings. The molecule has 2 aromatic heterocycles. The molecular weight excluding hydrogens is 532 g/mol. The second kappa shape index (κ2) is 12.0. The second-order valence-electron chi connectivity index (χ2n) is 10.9. The van der Waals surface area contributed by atoms with Crippen molar-refractivity contribution in [1.82, 2.24) is 30.1 Å². The molecule has 10 nitrogen and oxygen atoms in total. The number of ether oxygens (including phenoxy) is 3. The molecule has 0 saturated carbocycles. The second-order valence-corrected chi connectivity index (χ2v) is 10.9. The number of pyridine rings is 1. The molecule has 6 rings (SSSR count). The van der Waals surface area contributed by atoms with E-state index in [0.29, 0.717) is 25.2 Å². The Hall–Kier alpha value is -4.70. The summed E-state index contributed by atoms with van der Waals surface area (Å²) in [6, 6.07) is 23.7. The van der Waals surface area contributed by atoms with Crippen LogP contribution in [0.1, 0.15) is 42.4 Å². The largest absolute Gasteiger partial charge is 0.497 e. The summed E-state index contributed by atoms with van der Waals surface area (Å²) < 4.78 is 18.5. The van der Waals surface area contributed by atoms with Gasteiger partial charge in [-0.1, -0.05) is 50.2 Å². The van der Waals surface area contributed by atoms with Gasteiger partial charge in [-0.2, -0.15) is 0 Å². The highest BCUT2D eigenvalue weighted by Gasteiger charge is 2.30. The van der Waals surface area contributed by atoms with Crippen LogP contribution in [0.2, 0.25) is 0 Å². The molecule has 216 valence electrons. The van der Waals surface area contributed by atoms with Gasteiger partial charge in [0.1, 0.15) is 5.75 Å². The highest BCUT2D eigenvalue weighted by Crippen LogP contribution is 2.35. The highest BCUT2D eigenvalue weighted by atomic mass is 16.7. The molecule has 10 heteroatoms. The molecule has 0 aliphatic carbocycles. The Labute approximate surface area is 243 Å². The third-order valence-corrected chi connectivity index (χ3v) is 7.63. The molecule has 0 saturated heterocycles. The maximum atomic E-state index is 13.3. The minimum Gasteiger partial charge on any atom is -0.497 e. The van der Waals surface area contributed by atoms with Crippen molar-refractivity contribution in [2.45, 2.75) is 45.9 Å². The quantitative estimate of drug-likeness (QED) is 0.241. The fraction of sp³-hybridized carbons (Fsp3) is 0.312. The molecule has 0 bridgehead atoms. The van der Waals surface area contributed by atoms with Crippen LogP contribution in [0.25, 0.3) is 10.9 Å². The lowest BCUT2D eigenvalue weighted by atomic mass is 9.99. The summed E-state index contributed by atoms with van der Waals surface area (Å²) in [7, 11) is 1.63. The number of H-pyrrole nitrogens is 1. The number of rotatable bonds is 11. The van der Waals surface area contributed by atoms with Crippen LogP contribution in [-0.4, -0.2) is 44.0 Å². The lowest BCUT2D eigenvalue weighted by Gasteiger charge is -2.33. The molecule has 0 unspecified atom stereocenters. The van der Waals surface area contributed by atoms with Crippen LogP contribution in [0.5, 0.6) is 17.2 Å². The zero-order valence-corrected chi connectivity index (χ0v) is 24.0. The average molecular weight is 567 g/mol. The summed E-state index contributed by atoms with van der Waals surface area (Å²) in [5.41, 5.74) is 3.53.